The van der Waals surface area contributed by atoms with Gasteiger partial charge in [-0.1, -0.05) is 0 Å². The van der Waals surface area contributed by atoms with Crippen molar-refractivity contribution in [3.05, 3.63) is 0 Å². The molecule has 1 aliphatic carbocycles. The molecule has 3 atom stereocenters. The molecular weight excluding hydrogens is 224 g/mol. The quantitative estimate of drug-likeness (QED) is 0.748. The van der Waals surface area contributed by atoms with Crippen LogP contribution in [-0.4, -0.2) is 61.3 Å². The summed E-state index contributed by atoms with van der Waals surface area (Å²) in [6.07, 6.45) is 9.23. The fourth-order valence-corrected chi connectivity index (χ4v) is 4.38. The number of hydrogen-bond acceptors (Lipinski definition) is 3. The summed E-state index contributed by atoms with van der Waals surface area (Å²) in [5.41, 5.74) is 0.250. The first-order chi connectivity index (χ1) is 8.70. The summed E-state index contributed by atoms with van der Waals surface area (Å²) in [6, 6.07) is 1.47. The van der Waals surface area contributed by atoms with Gasteiger partial charge in [-0.2, -0.15) is 0 Å². The molecule has 0 bridgehead atoms. The van der Waals surface area contributed by atoms with E-state index >= 15 is 0 Å². The third-order valence-corrected chi connectivity index (χ3v) is 5.38. The molecule has 104 valence electrons. The summed E-state index contributed by atoms with van der Waals surface area (Å²) in [7, 11) is 4.50. The van der Waals surface area contributed by atoms with E-state index in [4.69, 9.17) is 4.74 Å². The molecule has 18 heavy (non-hydrogen) atoms. The van der Waals surface area contributed by atoms with Crippen LogP contribution >= 0.6 is 0 Å². The van der Waals surface area contributed by atoms with Crippen molar-refractivity contribution < 1.29 is 4.74 Å². The topological polar surface area (TPSA) is 15.7 Å². The van der Waals surface area contributed by atoms with Gasteiger partial charge >= 0.3 is 0 Å². The maximum Gasteiger partial charge on any atom is 0.0699 e. The van der Waals surface area contributed by atoms with E-state index in [2.05, 4.69) is 23.9 Å². The Morgan fingerprint density at radius 3 is 2.50 bits per heavy atom. The Morgan fingerprint density at radius 2 is 1.89 bits per heavy atom. The molecule has 1 spiro atoms. The number of likely N-dealkylation sites (tertiary alicyclic amines) is 1. The minimum absolute atomic E-state index is 0.250. The lowest BCUT2D eigenvalue weighted by atomic mass is 9.76. The summed E-state index contributed by atoms with van der Waals surface area (Å²) in [4.78, 5) is 5.19. The molecule has 3 aliphatic rings. The first-order valence-corrected chi connectivity index (χ1v) is 7.75. The van der Waals surface area contributed by atoms with E-state index in [-0.39, 0.29) is 5.60 Å². The summed E-state index contributed by atoms with van der Waals surface area (Å²) in [5, 5.41) is 0. The third kappa shape index (κ3) is 2.33. The predicted molar refractivity (Wildman–Crippen MR) is 73.8 cm³/mol. The average Bonchev–Trinajstić information content (AvgIpc) is 3.00. The molecule has 3 heteroatoms. The van der Waals surface area contributed by atoms with Crippen molar-refractivity contribution in [1.82, 2.24) is 9.80 Å². The highest BCUT2D eigenvalue weighted by Crippen LogP contribution is 2.42. The van der Waals surface area contributed by atoms with Crippen molar-refractivity contribution >= 4 is 0 Å². The minimum atomic E-state index is 0.250. The summed E-state index contributed by atoms with van der Waals surface area (Å²) in [5.74, 6) is 0. The van der Waals surface area contributed by atoms with Crippen LogP contribution in [0.2, 0.25) is 0 Å². The second-order valence-corrected chi connectivity index (χ2v) is 6.72. The highest BCUT2D eigenvalue weighted by Gasteiger charge is 2.46. The van der Waals surface area contributed by atoms with Crippen LogP contribution in [-0.2, 0) is 4.74 Å². The van der Waals surface area contributed by atoms with Gasteiger partial charge in [0.2, 0.25) is 0 Å². The van der Waals surface area contributed by atoms with Gasteiger partial charge in [0.1, 0.15) is 0 Å². The van der Waals surface area contributed by atoms with E-state index < -0.39 is 0 Å². The fourth-order valence-electron chi connectivity index (χ4n) is 4.38. The Morgan fingerprint density at radius 1 is 1.11 bits per heavy atom. The Bertz CT molecular complexity index is 280. The Labute approximate surface area is 111 Å². The van der Waals surface area contributed by atoms with Crippen LogP contribution in [0.4, 0.5) is 0 Å². The predicted octanol–water partition coefficient (Wildman–Crippen LogP) is 2.11. The molecule has 0 aromatic rings. The van der Waals surface area contributed by atoms with E-state index in [1.807, 2.05) is 0 Å². The van der Waals surface area contributed by atoms with Crippen molar-refractivity contribution in [2.24, 2.45) is 0 Å². The molecule has 1 saturated carbocycles. The highest BCUT2D eigenvalue weighted by molar-refractivity contribution is 5.01. The van der Waals surface area contributed by atoms with Gasteiger partial charge in [-0.3, -0.25) is 4.90 Å². The number of ether oxygens (including phenoxy) is 1. The van der Waals surface area contributed by atoms with Gasteiger partial charge in [-0.15, -0.1) is 0 Å². The summed E-state index contributed by atoms with van der Waals surface area (Å²) >= 11 is 0. The summed E-state index contributed by atoms with van der Waals surface area (Å²) in [6.45, 7) is 3.62. The van der Waals surface area contributed by atoms with Crippen LogP contribution in [0.3, 0.4) is 0 Å². The number of likely N-dealkylation sites (N-methyl/N-ethyl adjacent to an activating group) is 1. The molecule has 2 saturated heterocycles. The number of rotatable bonds is 2. The van der Waals surface area contributed by atoms with E-state index in [1.165, 1.54) is 58.0 Å². The zero-order valence-electron chi connectivity index (χ0n) is 12.0. The molecule has 3 fully saturated rings. The number of hydrogen-bond donors (Lipinski definition) is 0. The molecule has 0 radical (unpaired) electrons. The summed E-state index contributed by atoms with van der Waals surface area (Å²) < 4.78 is 6.15. The second-order valence-electron chi connectivity index (χ2n) is 6.72. The molecule has 0 aromatic carbocycles. The molecule has 0 N–H and O–H groups in total. The van der Waals surface area contributed by atoms with Crippen LogP contribution in [0, 0.1) is 0 Å². The van der Waals surface area contributed by atoms with Crippen LogP contribution in [0.5, 0.6) is 0 Å². The third-order valence-electron chi connectivity index (χ3n) is 5.38. The van der Waals surface area contributed by atoms with Crippen LogP contribution in [0.15, 0.2) is 0 Å². The van der Waals surface area contributed by atoms with Crippen LogP contribution in [0.25, 0.3) is 0 Å². The molecular formula is C15H28N2O. The maximum atomic E-state index is 6.15. The molecule has 3 rings (SSSR count). The van der Waals surface area contributed by atoms with Crippen molar-refractivity contribution in [2.75, 3.05) is 33.8 Å². The molecule has 3 unspecified atom stereocenters. The first kappa shape index (κ1) is 12.9. The molecule has 0 amide bonds. The van der Waals surface area contributed by atoms with Crippen molar-refractivity contribution in [3.8, 4) is 0 Å². The number of nitrogens with zero attached hydrogens (tertiary/aromatic N) is 2. The highest BCUT2D eigenvalue weighted by atomic mass is 16.5. The van der Waals surface area contributed by atoms with Crippen molar-refractivity contribution in [1.29, 1.82) is 0 Å². The fraction of sp³-hybridized carbons (Fsp3) is 1.00. The second kappa shape index (κ2) is 5.10. The standard InChI is InChI=1S/C15H28N2O/c1-16(2)13-6-8-15(7-5-11-18-15)12-14(13)17-9-3-4-10-17/h13-14H,3-12H2,1-2H3. The first-order valence-electron chi connectivity index (χ1n) is 7.75. The Balaban J connectivity index is 1.74. The molecule has 0 aromatic heterocycles. The van der Waals surface area contributed by atoms with Crippen LogP contribution in [0.1, 0.15) is 44.9 Å². The molecule has 2 aliphatic heterocycles. The van der Waals surface area contributed by atoms with E-state index in [0.717, 1.165) is 18.7 Å². The SMILES string of the molecule is CN(C)C1CCC2(CCCO2)CC1N1CCCC1. The van der Waals surface area contributed by atoms with Gasteiger partial charge < -0.3 is 9.64 Å². The van der Waals surface area contributed by atoms with Crippen LogP contribution < -0.4 is 0 Å². The van der Waals surface area contributed by atoms with Gasteiger partial charge in [0.25, 0.3) is 0 Å². The van der Waals surface area contributed by atoms with E-state index in [1.54, 1.807) is 0 Å². The lowest BCUT2D eigenvalue weighted by molar-refractivity contribution is -0.0695. The lowest BCUT2D eigenvalue weighted by Gasteiger charge is -2.47. The lowest BCUT2D eigenvalue weighted by Crippen LogP contribution is -2.56. The average molecular weight is 252 g/mol. The Hall–Kier alpha value is -0.120. The molecule has 3 nitrogen and oxygen atoms in total. The maximum absolute atomic E-state index is 6.15. The van der Waals surface area contributed by atoms with Crippen molar-refractivity contribution in [3.63, 3.8) is 0 Å². The largest absolute Gasteiger partial charge is 0.375 e. The zero-order valence-corrected chi connectivity index (χ0v) is 12.0. The van der Waals surface area contributed by atoms with Crippen molar-refractivity contribution in [2.45, 2.75) is 62.6 Å². The molecule has 2 heterocycles. The normalized spacial score (nSPS) is 42.2. The van der Waals surface area contributed by atoms with Gasteiger partial charge in [0.15, 0.2) is 0 Å². The minimum Gasteiger partial charge on any atom is -0.375 e. The van der Waals surface area contributed by atoms with E-state index in [9.17, 15) is 0 Å². The smallest absolute Gasteiger partial charge is 0.0699 e. The monoisotopic (exact) mass is 252 g/mol. The van der Waals surface area contributed by atoms with Gasteiger partial charge in [-0.05, 0) is 72.1 Å². The van der Waals surface area contributed by atoms with E-state index in [0.29, 0.717) is 0 Å². The van der Waals surface area contributed by atoms with Gasteiger partial charge in [0.05, 0.1) is 5.60 Å². The van der Waals surface area contributed by atoms with Gasteiger partial charge in [-0.25, -0.2) is 0 Å². The zero-order chi connectivity index (χ0) is 12.6. The van der Waals surface area contributed by atoms with Gasteiger partial charge in [0, 0.05) is 18.7 Å². The Kier molecular flexibility index (Phi) is 3.65.